The van der Waals surface area contributed by atoms with Gasteiger partial charge in [0.05, 0.1) is 16.2 Å². The highest BCUT2D eigenvalue weighted by Crippen LogP contribution is 2.21. The van der Waals surface area contributed by atoms with Crippen LogP contribution in [0.2, 0.25) is 0 Å². The summed E-state index contributed by atoms with van der Waals surface area (Å²) in [6.45, 7) is 2.62. The second-order valence-electron chi connectivity index (χ2n) is 4.63. The van der Waals surface area contributed by atoms with Gasteiger partial charge >= 0.3 is 0 Å². The molecule has 0 aliphatic heterocycles. The van der Waals surface area contributed by atoms with E-state index >= 15 is 0 Å². The topological polar surface area (TPSA) is 74.6 Å². The van der Waals surface area contributed by atoms with E-state index in [9.17, 15) is 13.5 Å². The molecule has 2 N–H and O–H groups in total. The first kappa shape index (κ1) is 14.2. The summed E-state index contributed by atoms with van der Waals surface area (Å²) in [6.07, 6.45) is 0. The minimum absolute atomic E-state index is 0.211. The molecule has 0 spiro atoms. The summed E-state index contributed by atoms with van der Waals surface area (Å²) < 4.78 is 24.1. The Balaban J connectivity index is 2.95. The van der Waals surface area contributed by atoms with Gasteiger partial charge in [-0.3, -0.25) is 0 Å². The van der Waals surface area contributed by atoms with Crippen molar-refractivity contribution < 1.29 is 18.6 Å². The van der Waals surface area contributed by atoms with Crippen LogP contribution < -0.4 is 0 Å². The minimum atomic E-state index is -3.47. The molecule has 0 aliphatic carbocycles. The Morgan fingerprint density at radius 3 is 2.18 bits per heavy atom. The van der Waals surface area contributed by atoms with E-state index in [1.807, 2.05) is 0 Å². The van der Waals surface area contributed by atoms with Gasteiger partial charge in [0, 0.05) is 12.5 Å². The van der Waals surface area contributed by atoms with E-state index in [4.69, 9.17) is 5.11 Å². The molecule has 0 saturated carbocycles. The number of sulfone groups is 1. The lowest BCUT2D eigenvalue weighted by molar-refractivity contribution is 0.00169. The van der Waals surface area contributed by atoms with Crippen LogP contribution in [-0.2, 0) is 9.84 Å². The summed E-state index contributed by atoms with van der Waals surface area (Å²) >= 11 is 0. The fourth-order valence-corrected chi connectivity index (χ4v) is 3.28. The molecule has 0 aliphatic rings. The third kappa shape index (κ3) is 3.80. The molecule has 17 heavy (non-hydrogen) atoms. The third-order valence-corrected chi connectivity index (χ3v) is 4.57. The largest absolute Gasteiger partial charge is 0.396 e. The van der Waals surface area contributed by atoms with Gasteiger partial charge in [-0.25, -0.2) is 8.42 Å². The highest BCUT2D eigenvalue weighted by molar-refractivity contribution is 7.91. The Morgan fingerprint density at radius 1 is 1.24 bits per heavy atom. The Bertz CT molecular complexity index is 445. The molecule has 1 rings (SSSR count). The lowest BCUT2D eigenvalue weighted by Crippen LogP contribution is -2.38. The molecule has 5 heteroatoms. The molecule has 0 bridgehead atoms. The first-order valence-electron chi connectivity index (χ1n) is 5.38. The van der Waals surface area contributed by atoms with E-state index in [2.05, 4.69) is 0 Å². The van der Waals surface area contributed by atoms with Crippen molar-refractivity contribution in [2.45, 2.75) is 24.3 Å². The zero-order chi connectivity index (χ0) is 13.1. The molecule has 0 radical (unpaired) electrons. The van der Waals surface area contributed by atoms with Gasteiger partial charge in [0.1, 0.15) is 0 Å². The van der Waals surface area contributed by atoms with Crippen molar-refractivity contribution in [2.24, 2.45) is 5.92 Å². The molecule has 4 nitrogen and oxygen atoms in total. The summed E-state index contributed by atoms with van der Waals surface area (Å²) in [5, 5.41) is 18.9. The van der Waals surface area contributed by atoms with Crippen LogP contribution in [0.4, 0.5) is 0 Å². The van der Waals surface area contributed by atoms with Gasteiger partial charge in [-0.05, 0) is 26.0 Å². The van der Waals surface area contributed by atoms with E-state index in [-0.39, 0.29) is 17.3 Å². The van der Waals surface area contributed by atoms with Crippen LogP contribution in [0.5, 0.6) is 0 Å². The van der Waals surface area contributed by atoms with Crippen molar-refractivity contribution in [2.75, 3.05) is 12.4 Å². The average Bonchev–Trinajstić information content (AvgIpc) is 2.25. The van der Waals surface area contributed by atoms with Crippen molar-refractivity contribution in [3.8, 4) is 0 Å². The van der Waals surface area contributed by atoms with Crippen LogP contribution in [0.15, 0.2) is 35.2 Å². The summed E-state index contributed by atoms with van der Waals surface area (Å²) in [5.41, 5.74) is -1.23. The molecule has 1 unspecified atom stereocenters. The van der Waals surface area contributed by atoms with Gasteiger partial charge in [-0.1, -0.05) is 18.2 Å². The second-order valence-corrected chi connectivity index (χ2v) is 6.66. The van der Waals surface area contributed by atoms with Crippen LogP contribution in [0.3, 0.4) is 0 Å². The van der Waals surface area contributed by atoms with Crippen LogP contribution in [0.25, 0.3) is 0 Å². The maximum absolute atomic E-state index is 12.0. The van der Waals surface area contributed by atoms with E-state index in [1.165, 1.54) is 26.0 Å². The van der Waals surface area contributed by atoms with Gasteiger partial charge < -0.3 is 10.2 Å². The predicted octanol–water partition coefficient (Wildman–Crippen LogP) is 0.840. The number of benzene rings is 1. The molecule has 0 amide bonds. The van der Waals surface area contributed by atoms with Gasteiger partial charge in [-0.2, -0.15) is 0 Å². The van der Waals surface area contributed by atoms with Crippen LogP contribution >= 0.6 is 0 Å². The Hall–Kier alpha value is -0.910. The zero-order valence-electron chi connectivity index (χ0n) is 10.00. The zero-order valence-corrected chi connectivity index (χ0v) is 10.8. The highest BCUT2D eigenvalue weighted by Gasteiger charge is 2.31. The highest BCUT2D eigenvalue weighted by atomic mass is 32.2. The lowest BCUT2D eigenvalue weighted by Gasteiger charge is -2.27. The molecule has 1 aromatic rings. The summed E-state index contributed by atoms with van der Waals surface area (Å²) in [6, 6.07) is 8.04. The molecule has 96 valence electrons. The van der Waals surface area contributed by atoms with E-state index in [0.29, 0.717) is 0 Å². The van der Waals surface area contributed by atoms with E-state index in [1.54, 1.807) is 18.2 Å². The van der Waals surface area contributed by atoms with Crippen molar-refractivity contribution in [1.29, 1.82) is 0 Å². The summed E-state index contributed by atoms with van der Waals surface area (Å²) in [5.74, 6) is -0.968. The summed E-state index contributed by atoms with van der Waals surface area (Å²) in [7, 11) is -3.47. The van der Waals surface area contributed by atoms with Crippen LogP contribution in [-0.4, -0.2) is 36.6 Å². The third-order valence-electron chi connectivity index (χ3n) is 2.74. The van der Waals surface area contributed by atoms with Crippen molar-refractivity contribution in [3.63, 3.8) is 0 Å². The molecular formula is C12H18O4S. The van der Waals surface area contributed by atoms with Crippen LogP contribution in [0, 0.1) is 5.92 Å². The number of rotatable bonds is 5. The molecule has 1 atom stereocenters. The molecule has 1 aromatic carbocycles. The lowest BCUT2D eigenvalue weighted by atomic mass is 9.94. The Morgan fingerprint density at radius 2 is 1.76 bits per heavy atom. The predicted molar refractivity (Wildman–Crippen MR) is 65.4 cm³/mol. The molecule has 0 heterocycles. The fourth-order valence-electron chi connectivity index (χ4n) is 1.47. The average molecular weight is 258 g/mol. The quantitative estimate of drug-likeness (QED) is 0.820. The summed E-state index contributed by atoms with van der Waals surface area (Å²) in [4.78, 5) is 0.211. The maximum Gasteiger partial charge on any atom is 0.178 e. The smallest absolute Gasteiger partial charge is 0.178 e. The van der Waals surface area contributed by atoms with E-state index in [0.717, 1.165) is 0 Å². The van der Waals surface area contributed by atoms with Gasteiger partial charge in [-0.15, -0.1) is 0 Å². The molecule has 0 fully saturated rings. The first-order chi connectivity index (χ1) is 7.77. The number of hydrogen-bond donors (Lipinski definition) is 2. The normalized spacial score (nSPS) is 14.6. The Kier molecular flexibility index (Phi) is 4.30. The monoisotopic (exact) mass is 258 g/mol. The second kappa shape index (κ2) is 5.16. The standard InChI is InChI=1S/C12H18O4S/c1-12(2,14)10(8-13)9-17(15,16)11-6-4-3-5-7-11/h3-7,10,13-14H,8-9H2,1-2H3. The minimum Gasteiger partial charge on any atom is -0.396 e. The SMILES string of the molecule is CC(C)(O)C(CO)CS(=O)(=O)c1ccccc1. The van der Waals surface area contributed by atoms with Gasteiger partial charge in [0.15, 0.2) is 9.84 Å². The Labute approximate surface area is 102 Å². The van der Waals surface area contributed by atoms with Gasteiger partial charge in [0.2, 0.25) is 0 Å². The fraction of sp³-hybridized carbons (Fsp3) is 0.500. The van der Waals surface area contributed by atoms with Crippen molar-refractivity contribution in [1.82, 2.24) is 0 Å². The molecule has 0 saturated heterocycles. The van der Waals surface area contributed by atoms with E-state index < -0.39 is 21.4 Å². The number of hydrogen-bond acceptors (Lipinski definition) is 4. The van der Waals surface area contributed by atoms with Crippen LogP contribution in [0.1, 0.15) is 13.8 Å². The maximum atomic E-state index is 12.0. The number of aliphatic hydroxyl groups is 2. The van der Waals surface area contributed by atoms with Crippen molar-refractivity contribution in [3.05, 3.63) is 30.3 Å². The first-order valence-corrected chi connectivity index (χ1v) is 7.03. The number of aliphatic hydroxyl groups excluding tert-OH is 1. The van der Waals surface area contributed by atoms with Crippen molar-refractivity contribution >= 4 is 9.84 Å². The molecular weight excluding hydrogens is 240 g/mol. The molecule has 0 aromatic heterocycles. The van der Waals surface area contributed by atoms with Gasteiger partial charge in [0.25, 0.3) is 0 Å².